The lowest BCUT2D eigenvalue weighted by Crippen LogP contribution is -2.48. The van der Waals surface area contributed by atoms with Crippen molar-refractivity contribution in [3.63, 3.8) is 0 Å². The third kappa shape index (κ3) is 6.22. The minimum Gasteiger partial charge on any atom is -0.311 e. The first kappa shape index (κ1) is 17.4. The first-order valence-electron chi connectivity index (χ1n) is 6.90. The van der Waals surface area contributed by atoms with Gasteiger partial charge in [-0.25, -0.2) is 4.79 Å². The summed E-state index contributed by atoms with van der Waals surface area (Å²) >= 11 is 0. The van der Waals surface area contributed by atoms with Crippen molar-refractivity contribution in [3.8, 4) is 6.07 Å². The molecule has 0 aliphatic rings. The summed E-state index contributed by atoms with van der Waals surface area (Å²) in [5.74, 6) is 0. The molecule has 7 nitrogen and oxygen atoms in total. The lowest BCUT2D eigenvalue weighted by molar-refractivity contribution is 0.230. The summed E-state index contributed by atoms with van der Waals surface area (Å²) in [4.78, 5) is 11.9. The summed E-state index contributed by atoms with van der Waals surface area (Å²) in [6.45, 7) is 9.25. The molecule has 0 saturated heterocycles. The largest absolute Gasteiger partial charge is 0.335 e. The maximum atomic E-state index is 11.9. The highest BCUT2D eigenvalue weighted by Gasteiger charge is 2.21. The summed E-state index contributed by atoms with van der Waals surface area (Å²) in [7, 11) is 0. The van der Waals surface area contributed by atoms with Gasteiger partial charge in [0.1, 0.15) is 11.7 Å². The number of rotatable bonds is 4. The van der Waals surface area contributed by atoms with Crippen LogP contribution < -0.4 is 16.2 Å². The van der Waals surface area contributed by atoms with Crippen molar-refractivity contribution in [2.24, 2.45) is 10.2 Å². The highest BCUT2D eigenvalue weighted by atomic mass is 16.2. The number of hydrogen-bond acceptors (Lipinski definition) is 5. The van der Waals surface area contributed by atoms with Crippen LogP contribution in [0, 0.1) is 11.3 Å². The fraction of sp³-hybridized carbons (Fsp3) is 0.467. The molecule has 1 aromatic carbocycles. The van der Waals surface area contributed by atoms with E-state index >= 15 is 0 Å². The number of nitrogens with one attached hydrogen (secondary N) is 3. The van der Waals surface area contributed by atoms with Crippen LogP contribution in [0.15, 0.2) is 34.5 Å². The lowest BCUT2D eigenvalue weighted by atomic mass is 10.1. The summed E-state index contributed by atoms with van der Waals surface area (Å²) in [6, 6.07) is 8.44. The number of hydrazine groups is 1. The number of azo groups is 1. The van der Waals surface area contributed by atoms with Gasteiger partial charge in [0, 0.05) is 0 Å². The third-order valence-electron chi connectivity index (χ3n) is 2.38. The van der Waals surface area contributed by atoms with E-state index in [-0.39, 0.29) is 5.54 Å². The number of nitrogens with zero attached hydrogens (tertiary/aromatic N) is 3. The van der Waals surface area contributed by atoms with E-state index in [0.717, 1.165) is 0 Å². The van der Waals surface area contributed by atoms with Crippen LogP contribution in [0.4, 0.5) is 10.5 Å². The SMILES string of the molecule is CC(C)(C)N=NC(C)(C)NC(=O)NNc1ccccc1C#N. The summed E-state index contributed by atoms with van der Waals surface area (Å²) < 4.78 is 0. The number of amides is 2. The summed E-state index contributed by atoms with van der Waals surface area (Å²) in [5.41, 5.74) is 4.99. The van der Waals surface area contributed by atoms with Gasteiger partial charge in [0.05, 0.1) is 16.8 Å². The Morgan fingerprint density at radius 1 is 1.14 bits per heavy atom. The van der Waals surface area contributed by atoms with E-state index in [1.807, 2.05) is 26.8 Å². The molecule has 0 radical (unpaired) electrons. The molecular weight excluding hydrogens is 280 g/mol. The molecule has 0 aromatic heterocycles. The quantitative estimate of drug-likeness (QED) is 0.588. The van der Waals surface area contributed by atoms with E-state index in [2.05, 4.69) is 26.4 Å². The molecule has 0 aliphatic heterocycles. The van der Waals surface area contributed by atoms with Gasteiger partial charge in [0.25, 0.3) is 0 Å². The molecule has 1 aromatic rings. The molecule has 0 unspecified atom stereocenters. The van der Waals surface area contributed by atoms with Crippen LogP contribution >= 0.6 is 0 Å². The first-order chi connectivity index (χ1) is 10.1. The Balaban J connectivity index is 2.60. The molecule has 22 heavy (non-hydrogen) atoms. The number of carbonyl (C=O) groups excluding carboxylic acids is 1. The number of carbonyl (C=O) groups is 1. The maximum absolute atomic E-state index is 11.9. The van der Waals surface area contributed by atoms with Gasteiger partial charge in [-0.05, 0) is 46.8 Å². The van der Waals surface area contributed by atoms with E-state index in [0.29, 0.717) is 11.3 Å². The van der Waals surface area contributed by atoms with Crippen molar-refractivity contribution in [3.05, 3.63) is 29.8 Å². The maximum Gasteiger partial charge on any atom is 0.335 e. The smallest absolute Gasteiger partial charge is 0.311 e. The van der Waals surface area contributed by atoms with Crippen molar-refractivity contribution < 1.29 is 4.79 Å². The van der Waals surface area contributed by atoms with Crippen molar-refractivity contribution in [1.29, 1.82) is 5.26 Å². The Bertz CT molecular complexity index is 595. The number of anilines is 1. The molecular formula is C15H22N6O. The Morgan fingerprint density at radius 2 is 1.77 bits per heavy atom. The second-order valence-corrected chi connectivity index (χ2v) is 6.29. The molecule has 118 valence electrons. The Morgan fingerprint density at radius 3 is 2.36 bits per heavy atom. The second kappa shape index (κ2) is 6.89. The van der Waals surface area contributed by atoms with Crippen LogP contribution in [-0.4, -0.2) is 17.2 Å². The van der Waals surface area contributed by atoms with Crippen LogP contribution in [0.2, 0.25) is 0 Å². The van der Waals surface area contributed by atoms with E-state index in [1.54, 1.807) is 38.1 Å². The van der Waals surface area contributed by atoms with Gasteiger partial charge in [0.2, 0.25) is 0 Å². The molecule has 0 saturated carbocycles. The Hall–Kier alpha value is -2.62. The normalized spacial score (nSPS) is 11.8. The predicted octanol–water partition coefficient (Wildman–Crippen LogP) is 3.17. The zero-order valence-corrected chi connectivity index (χ0v) is 13.6. The number of para-hydroxylation sites is 1. The Kier molecular flexibility index (Phi) is 5.46. The highest BCUT2D eigenvalue weighted by Crippen LogP contribution is 2.13. The molecule has 0 spiro atoms. The monoisotopic (exact) mass is 302 g/mol. The predicted molar refractivity (Wildman–Crippen MR) is 85.1 cm³/mol. The molecule has 0 fully saturated rings. The van der Waals surface area contributed by atoms with E-state index < -0.39 is 11.7 Å². The van der Waals surface area contributed by atoms with Crippen molar-refractivity contribution in [2.75, 3.05) is 5.43 Å². The van der Waals surface area contributed by atoms with Crippen LogP contribution in [0.5, 0.6) is 0 Å². The molecule has 0 heterocycles. The van der Waals surface area contributed by atoms with Gasteiger partial charge in [-0.15, -0.1) is 0 Å². The molecule has 1 rings (SSSR count). The standard InChI is InChI=1S/C15H22N6O/c1-14(2,3)20-21-15(4,5)17-13(22)19-18-12-9-7-6-8-11(12)10-16/h6-9,18H,1-5H3,(H2,17,19,22). The minimum absolute atomic E-state index is 0.306. The Labute approximate surface area is 130 Å². The van der Waals surface area contributed by atoms with Crippen LogP contribution in [0.3, 0.4) is 0 Å². The fourth-order valence-electron chi connectivity index (χ4n) is 1.42. The van der Waals surface area contributed by atoms with E-state index in [4.69, 9.17) is 5.26 Å². The van der Waals surface area contributed by atoms with Gasteiger partial charge < -0.3 is 5.32 Å². The molecule has 0 bridgehead atoms. The van der Waals surface area contributed by atoms with Gasteiger partial charge in [0.15, 0.2) is 0 Å². The van der Waals surface area contributed by atoms with Gasteiger partial charge in [-0.3, -0.25) is 10.9 Å². The van der Waals surface area contributed by atoms with Crippen molar-refractivity contribution >= 4 is 11.7 Å². The second-order valence-electron chi connectivity index (χ2n) is 6.29. The first-order valence-corrected chi connectivity index (χ1v) is 6.90. The zero-order chi connectivity index (χ0) is 16.8. The lowest BCUT2D eigenvalue weighted by Gasteiger charge is -2.22. The summed E-state index contributed by atoms with van der Waals surface area (Å²) in [5, 5.41) is 19.9. The molecule has 3 N–H and O–H groups in total. The van der Waals surface area contributed by atoms with Gasteiger partial charge in [-0.1, -0.05) is 12.1 Å². The minimum atomic E-state index is -0.839. The highest BCUT2D eigenvalue weighted by molar-refractivity contribution is 5.76. The van der Waals surface area contributed by atoms with E-state index in [1.165, 1.54) is 0 Å². The van der Waals surface area contributed by atoms with Crippen molar-refractivity contribution in [2.45, 2.75) is 45.8 Å². The van der Waals surface area contributed by atoms with Gasteiger partial charge in [-0.2, -0.15) is 15.5 Å². The number of nitriles is 1. The van der Waals surface area contributed by atoms with E-state index in [9.17, 15) is 4.79 Å². The van der Waals surface area contributed by atoms with Crippen LogP contribution in [0.1, 0.15) is 40.2 Å². The molecule has 7 heteroatoms. The van der Waals surface area contributed by atoms with Crippen LogP contribution in [0.25, 0.3) is 0 Å². The summed E-state index contributed by atoms with van der Waals surface area (Å²) in [6.07, 6.45) is 0. The average molecular weight is 302 g/mol. The number of benzene rings is 1. The van der Waals surface area contributed by atoms with Gasteiger partial charge >= 0.3 is 6.03 Å². The third-order valence-corrected chi connectivity index (χ3v) is 2.38. The fourth-order valence-corrected chi connectivity index (χ4v) is 1.42. The molecule has 0 aliphatic carbocycles. The number of hydrogen-bond donors (Lipinski definition) is 3. The average Bonchev–Trinajstić information content (AvgIpc) is 2.42. The van der Waals surface area contributed by atoms with Crippen molar-refractivity contribution in [1.82, 2.24) is 10.7 Å². The van der Waals surface area contributed by atoms with Crippen LogP contribution in [-0.2, 0) is 0 Å². The topological polar surface area (TPSA) is 102 Å². The zero-order valence-electron chi connectivity index (χ0n) is 13.6. The molecule has 0 atom stereocenters. The number of urea groups is 1. The molecule has 2 amide bonds.